The third-order valence-corrected chi connectivity index (χ3v) is 3.40. The van der Waals surface area contributed by atoms with E-state index in [4.69, 9.17) is 5.73 Å². The Labute approximate surface area is 102 Å². The highest BCUT2D eigenvalue weighted by atomic mass is 16.2. The van der Waals surface area contributed by atoms with E-state index in [2.05, 4.69) is 4.98 Å². The summed E-state index contributed by atoms with van der Waals surface area (Å²) in [6.07, 6.45) is 2.69. The van der Waals surface area contributed by atoms with Gasteiger partial charge >= 0.3 is 0 Å². The summed E-state index contributed by atoms with van der Waals surface area (Å²) >= 11 is 0. The van der Waals surface area contributed by atoms with Gasteiger partial charge < -0.3 is 10.6 Å². The van der Waals surface area contributed by atoms with Crippen LogP contribution in [-0.4, -0.2) is 34.9 Å². The molecule has 1 aliphatic rings. The molecule has 1 saturated heterocycles. The summed E-state index contributed by atoms with van der Waals surface area (Å²) in [7, 11) is 0. The lowest BCUT2D eigenvalue weighted by Crippen LogP contribution is -2.33. The monoisotopic (exact) mass is 233 g/mol. The first-order chi connectivity index (χ1) is 8.08. The standard InChI is InChI=1S/C13H19N3O/c1-9-7-11(3-5-15-9)13(17)16-6-4-12(8-16)10(2)14/h3,5,7,10,12H,4,6,8,14H2,1-2H3. The molecule has 2 atom stereocenters. The average Bonchev–Trinajstić information content (AvgIpc) is 2.77. The Hall–Kier alpha value is -1.42. The van der Waals surface area contributed by atoms with E-state index in [0.717, 1.165) is 30.8 Å². The van der Waals surface area contributed by atoms with Gasteiger partial charge in [-0.2, -0.15) is 0 Å². The fourth-order valence-electron chi connectivity index (χ4n) is 2.26. The van der Waals surface area contributed by atoms with E-state index in [-0.39, 0.29) is 11.9 Å². The number of pyridine rings is 1. The van der Waals surface area contributed by atoms with Gasteiger partial charge in [0, 0.05) is 36.6 Å². The number of likely N-dealkylation sites (tertiary alicyclic amines) is 1. The van der Waals surface area contributed by atoms with Gasteiger partial charge in [-0.3, -0.25) is 9.78 Å². The Morgan fingerprint density at radius 1 is 1.65 bits per heavy atom. The Morgan fingerprint density at radius 3 is 3.00 bits per heavy atom. The first-order valence-corrected chi connectivity index (χ1v) is 6.05. The summed E-state index contributed by atoms with van der Waals surface area (Å²) in [5, 5.41) is 0. The van der Waals surface area contributed by atoms with Crippen LogP contribution in [0.15, 0.2) is 18.3 Å². The van der Waals surface area contributed by atoms with Crippen LogP contribution >= 0.6 is 0 Å². The summed E-state index contributed by atoms with van der Waals surface area (Å²) in [5.41, 5.74) is 7.47. The Balaban J connectivity index is 2.07. The number of hydrogen-bond acceptors (Lipinski definition) is 3. The van der Waals surface area contributed by atoms with E-state index >= 15 is 0 Å². The molecule has 1 aromatic heterocycles. The van der Waals surface area contributed by atoms with Gasteiger partial charge in [-0.1, -0.05) is 0 Å². The minimum Gasteiger partial charge on any atom is -0.338 e. The number of aryl methyl sites for hydroxylation is 1. The molecule has 2 rings (SSSR count). The van der Waals surface area contributed by atoms with Crippen LogP contribution in [0.1, 0.15) is 29.4 Å². The van der Waals surface area contributed by atoms with Crippen molar-refractivity contribution in [1.29, 1.82) is 0 Å². The van der Waals surface area contributed by atoms with Crippen molar-refractivity contribution in [1.82, 2.24) is 9.88 Å². The van der Waals surface area contributed by atoms with Crippen LogP contribution in [0.25, 0.3) is 0 Å². The van der Waals surface area contributed by atoms with Gasteiger partial charge in [0.2, 0.25) is 0 Å². The molecule has 4 heteroatoms. The summed E-state index contributed by atoms with van der Waals surface area (Å²) in [6.45, 7) is 5.49. The van der Waals surface area contributed by atoms with Crippen molar-refractivity contribution in [2.24, 2.45) is 11.7 Å². The van der Waals surface area contributed by atoms with Gasteiger partial charge in [-0.05, 0) is 38.3 Å². The number of carbonyl (C=O) groups excluding carboxylic acids is 1. The molecule has 0 bridgehead atoms. The lowest BCUT2D eigenvalue weighted by molar-refractivity contribution is 0.0785. The van der Waals surface area contributed by atoms with Crippen LogP contribution in [-0.2, 0) is 0 Å². The minimum atomic E-state index is 0.0960. The van der Waals surface area contributed by atoms with Crippen molar-refractivity contribution in [3.05, 3.63) is 29.6 Å². The topological polar surface area (TPSA) is 59.2 Å². The summed E-state index contributed by atoms with van der Waals surface area (Å²) in [4.78, 5) is 18.2. The summed E-state index contributed by atoms with van der Waals surface area (Å²) in [5.74, 6) is 0.528. The third kappa shape index (κ3) is 2.64. The van der Waals surface area contributed by atoms with Gasteiger partial charge in [0.05, 0.1) is 0 Å². The second kappa shape index (κ2) is 4.84. The van der Waals surface area contributed by atoms with E-state index in [1.165, 1.54) is 0 Å². The highest BCUT2D eigenvalue weighted by Gasteiger charge is 2.28. The minimum absolute atomic E-state index is 0.0960. The van der Waals surface area contributed by atoms with Gasteiger partial charge in [-0.15, -0.1) is 0 Å². The van der Waals surface area contributed by atoms with Crippen LogP contribution in [0.5, 0.6) is 0 Å². The van der Waals surface area contributed by atoms with E-state index in [1.807, 2.05) is 24.8 Å². The maximum atomic E-state index is 12.2. The maximum absolute atomic E-state index is 12.2. The molecule has 1 amide bonds. The van der Waals surface area contributed by atoms with E-state index in [9.17, 15) is 4.79 Å². The predicted octanol–water partition coefficient (Wildman–Crippen LogP) is 1.20. The molecule has 2 unspecified atom stereocenters. The number of nitrogens with two attached hydrogens (primary N) is 1. The van der Waals surface area contributed by atoms with Gasteiger partial charge in [0.1, 0.15) is 0 Å². The van der Waals surface area contributed by atoms with Crippen molar-refractivity contribution in [3.63, 3.8) is 0 Å². The molecule has 92 valence electrons. The van der Waals surface area contributed by atoms with Crippen molar-refractivity contribution < 1.29 is 4.79 Å². The molecular formula is C13H19N3O. The van der Waals surface area contributed by atoms with Crippen molar-refractivity contribution >= 4 is 5.91 Å². The molecule has 0 saturated carbocycles. The molecule has 2 N–H and O–H groups in total. The van der Waals surface area contributed by atoms with Gasteiger partial charge in [0.15, 0.2) is 0 Å². The zero-order valence-corrected chi connectivity index (χ0v) is 10.4. The van der Waals surface area contributed by atoms with Gasteiger partial charge in [-0.25, -0.2) is 0 Å². The fourth-order valence-corrected chi connectivity index (χ4v) is 2.26. The quantitative estimate of drug-likeness (QED) is 0.835. The summed E-state index contributed by atoms with van der Waals surface area (Å²) < 4.78 is 0. The number of aromatic nitrogens is 1. The van der Waals surface area contributed by atoms with Crippen LogP contribution < -0.4 is 5.73 Å². The first kappa shape index (κ1) is 12.0. The molecule has 1 aromatic rings. The predicted molar refractivity (Wildman–Crippen MR) is 66.6 cm³/mol. The van der Waals surface area contributed by atoms with Crippen molar-refractivity contribution in [3.8, 4) is 0 Å². The lowest BCUT2D eigenvalue weighted by atomic mass is 10.0. The largest absolute Gasteiger partial charge is 0.338 e. The zero-order valence-electron chi connectivity index (χ0n) is 10.4. The second-order valence-corrected chi connectivity index (χ2v) is 4.84. The first-order valence-electron chi connectivity index (χ1n) is 6.05. The summed E-state index contributed by atoms with van der Waals surface area (Å²) in [6, 6.07) is 3.77. The maximum Gasteiger partial charge on any atom is 0.253 e. The number of nitrogens with zero attached hydrogens (tertiary/aromatic N) is 2. The number of amides is 1. The molecule has 4 nitrogen and oxygen atoms in total. The normalized spacial score (nSPS) is 21.6. The molecular weight excluding hydrogens is 214 g/mol. The zero-order chi connectivity index (χ0) is 12.4. The Morgan fingerprint density at radius 2 is 2.41 bits per heavy atom. The van der Waals surface area contributed by atoms with Crippen LogP contribution in [0, 0.1) is 12.8 Å². The molecule has 0 aliphatic carbocycles. The fraction of sp³-hybridized carbons (Fsp3) is 0.538. The highest BCUT2D eigenvalue weighted by molar-refractivity contribution is 5.94. The van der Waals surface area contributed by atoms with Crippen molar-refractivity contribution in [2.45, 2.75) is 26.3 Å². The Bertz CT molecular complexity index is 417. The molecule has 2 heterocycles. The molecule has 17 heavy (non-hydrogen) atoms. The number of carbonyl (C=O) groups is 1. The number of hydrogen-bond donors (Lipinski definition) is 1. The van der Waals surface area contributed by atoms with Gasteiger partial charge in [0.25, 0.3) is 5.91 Å². The van der Waals surface area contributed by atoms with Crippen LogP contribution in [0.4, 0.5) is 0 Å². The molecule has 0 spiro atoms. The van der Waals surface area contributed by atoms with E-state index in [0.29, 0.717) is 5.92 Å². The third-order valence-electron chi connectivity index (χ3n) is 3.40. The molecule has 0 radical (unpaired) electrons. The lowest BCUT2D eigenvalue weighted by Gasteiger charge is -2.18. The molecule has 1 aliphatic heterocycles. The Kier molecular flexibility index (Phi) is 3.43. The smallest absolute Gasteiger partial charge is 0.253 e. The highest BCUT2D eigenvalue weighted by Crippen LogP contribution is 2.20. The van der Waals surface area contributed by atoms with Crippen LogP contribution in [0.3, 0.4) is 0 Å². The molecule has 0 aromatic carbocycles. The van der Waals surface area contributed by atoms with Crippen molar-refractivity contribution in [2.75, 3.05) is 13.1 Å². The molecule has 1 fully saturated rings. The van der Waals surface area contributed by atoms with Crippen LogP contribution in [0.2, 0.25) is 0 Å². The van der Waals surface area contributed by atoms with E-state index in [1.54, 1.807) is 12.3 Å². The number of rotatable bonds is 2. The average molecular weight is 233 g/mol. The second-order valence-electron chi connectivity index (χ2n) is 4.84. The SMILES string of the molecule is Cc1cc(C(=O)N2CCC(C(C)N)C2)ccn1. The van der Waals surface area contributed by atoms with E-state index < -0.39 is 0 Å².